The molecule has 0 spiro atoms. The Morgan fingerprint density at radius 3 is 2.67 bits per heavy atom. The van der Waals surface area contributed by atoms with E-state index in [9.17, 15) is 0 Å². The van der Waals surface area contributed by atoms with E-state index in [0.29, 0.717) is 0 Å². The van der Waals surface area contributed by atoms with Crippen LogP contribution in [0, 0.1) is 5.92 Å². The zero-order valence-electron chi connectivity index (χ0n) is 12.7. The average Bonchev–Trinajstić information content (AvgIpc) is 2.49. The molecular formula is C19H24NO+. The molecule has 0 aliphatic carbocycles. The topological polar surface area (TPSA) is 13.7 Å². The summed E-state index contributed by atoms with van der Waals surface area (Å²) in [7, 11) is 0. The number of hydrogen-bond donors (Lipinski definition) is 1. The van der Waals surface area contributed by atoms with Gasteiger partial charge in [0, 0.05) is 11.5 Å². The number of hydrogen-bond acceptors (Lipinski definition) is 1. The van der Waals surface area contributed by atoms with Gasteiger partial charge < -0.3 is 9.64 Å². The molecule has 0 saturated carbocycles. The van der Waals surface area contributed by atoms with Crippen LogP contribution in [0.2, 0.25) is 0 Å². The maximum absolute atomic E-state index is 5.92. The highest BCUT2D eigenvalue weighted by atomic mass is 16.5. The van der Waals surface area contributed by atoms with Crippen LogP contribution in [0.15, 0.2) is 54.6 Å². The van der Waals surface area contributed by atoms with Crippen molar-refractivity contribution >= 4 is 0 Å². The van der Waals surface area contributed by atoms with Crippen LogP contribution in [0.3, 0.4) is 0 Å². The summed E-state index contributed by atoms with van der Waals surface area (Å²) < 4.78 is 5.92. The van der Waals surface area contributed by atoms with E-state index in [1.807, 2.05) is 36.4 Å². The monoisotopic (exact) mass is 282 g/mol. The van der Waals surface area contributed by atoms with Gasteiger partial charge in [0.2, 0.25) is 0 Å². The van der Waals surface area contributed by atoms with Crippen LogP contribution in [-0.4, -0.2) is 13.1 Å². The van der Waals surface area contributed by atoms with Gasteiger partial charge in [0.1, 0.15) is 18.0 Å². The number of rotatable bonds is 4. The molecule has 1 aliphatic heterocycles. The Morgan fingerprint density at radius 2 is 1.86 bits per heavy atom. The van der Waals surface area contributed by atoms with Gasteiger partial charge in [-0.3, -0.25) is 0 Å². The van der Waals surface area contributed by atoms with Crippen molar-refractivity contribution in [3.05, 3.63) is 60.2 Å². The first-order valence-electron chi connectivity index (χ1n) is 7.95. The number of nitrogens with one attached hydrogen (secondary N) is 1. The molecule has 2 nitrogen and oxygen atoms in total. The van der Waals surface area contributed by atoms with Gasteiger partial charge in [-0.25, -0.2) is 0 Å². The Balaban J connectivity index is 1.65. The highest BCUT2D eigenvalue weighted by Gasteiger charge is 2.19. The largest absolute Gasteiger partial charge is 0.457 e. The molecule has 2 atom stereocenters. The first-order chi connectivity index (χ1) is 10.3. The van der Waals surface area contributed by atoms with E-state index in [-0.39, 0.29) is 0 Å². The van der Waals surface area contributed by atoms with Crippen molar-refractivity contribution in [2.75, 3.05) is 13.1 Å². The van der Waals surface area contributed by atoms with E-state index in [1.165, 1.54) is 31.5 Å². The van der Waals surface area contributed by atoms with Crippen molar-refractivity contribution in [3.63, 3.8) is 0 Å². The molecule has 0 amide bonds. The van der Waals surface area contributed by atoms with Gasteiger partial charge in [-0.05, 0) is 37.1 Å². The molecule has 1 heterocycles. The zero-order valence-corrected chi connectivity index (χ0v) is 12.7. The first kappa shape index (κ1) is 14.2. The summed E-state index contributed by atoms with van der Waals surface area (Å²) >= 11 is 0. The van der Waals surface area contributed by atoms with Crippen LogP contribution in [0.1, 0.15) is 25.3 Å². The summed E-state index contributed by atoms with van der Waals surface area (Å²) in [5, 5.41) is 0. The summed E-state index contributed by atoms with van der Waals surface area (Å²) in [5.41, 5.74) is 1.37. The minimum Gasteiger partial charge on any atom is -0.457 e. The lowest BCUT2D eigenvalue weighted by molar-refractivity contribution is -0.922. The molecule has 1 aliphatic rings. The fourth-order valence-electron chi connectivity index (χ4n) is 3.19. The summed E-state index contributed by atoms with van der Waals surface area (Å²) in [5.74, 6) is 2.69. The minimum atomic E-state index is 0.859. The van der Waals surface area contributed by atoms with Crippen molar-refractivity contribution in [2.24, 2.45) is 5.92 Å². The minimum absolute atomic E-state index is 0.859. The molecule has 0 bridgehead atoms. The molecule has 1 N–H and O–H groups in total. The Kier molecular flexibility index (Phi) is 4.56. The van der Waals surface area contributed by atoms with E-state index >= 15 is 0 Å². The highest BCUT2D eigenvalue weighted by Crippen LogP contribution is 2.21. The fourth-order valence-corrected chi connectivity index (χ4v) is 3.19. The molecule has 1 unspecified atom stereocenters. The van der Waals surface area contributed by atoms with Gasteiger partial charge in [-0.2, -0.15) is 0 Å². The van der Waals surface area contributed by atoms with Crippen molar-refractivity contribution in [2.45, 2.75) is 26.3 Å². The lowest BCUT2D eigenvalue weighted by Crippen LogP contribution is -3.12. The van der Waals surface area contributed by atoms with Gasteiger partial charge >= 0.3 is 0 Å². The molecule has 3 rings (SSSR count). The van der Waals surface area contributed by atoms with Gasteiger partial charge in [0.15, 0.2) is 0 Å². The van der Waals surface area contributed by atoms with Crippen LogP contribution in [0.5, 0.6) is 11.5 Å². The Morgan fingerprint density at radius 1 is 1.05 bits per heavy atom. The second kappa shape index (κ2) is 6.77. The Labute approximate surface area is 127 Å². The fraction of sp³-hybridized carbons (Fsp3) is 0.368. The highest BCUT2D eigenvalue weighted by molar-refractivity contribution is 5.33. The first-order valence-corrected chi connectivity index (χ1v) is 7.95. The predicted octanol–water partition coefficient (Wildman–Crippen LogP) is 3.29. The molecule has 110 valence electrons. The maximum atomic E-state index is 5.92. The molecule has 2 heteroatoms. The third kappa shape index (κ3) is 4.08. The SMILES string of the molecule is C[C@@H]1CCC[NH+](Cc2cccc(Oc3ccccc3)c2)C1. The molecular weight excluding hydrogens is 258 g/mol. The Bertz CT molecular complexity index is 567. The molecule has 1 saturated heterocycles. The van der Waals surface area contributed by atoms with Crippen molar-refractivity contribution in [1.82, 2.24) is 0 Å². The van der Waals surface area contributed by atoms with Gasteiger partial charge in [0.05, 0.1) is 13.1 Å². The van der Waals surface area contributed by atoms with E-state index in [4.69, 9.17) is 4.74 Å². The maximum Gasteiger partial charge on any atom is 0.127 e. The molecule has 21 heavy (non-hydrogen) atoms. The van der Waals surface area contributed by atoms with E-state index in [2.05, 4.69) is 25.1 Å². The summed E-state index contributed by atoms with van der Waals surface area (Å²) in [6, 6.07) is 18.5. The van der Waals surface area contributed by atoms with Crippen LogP contribution in [-0.2, 0) is 6.54 Å². The lowest BCUT2D eigenvalue weighted by atomic mass is 10.00. The second-order valence-corrected chi connectivity index (χ2v) is 6.19. The van der Waals surface area contributed by atoms with Gasteiger partial charge in [0.25, 0.3) is 0 Å². The van der Waals surface area contributed by atoms with Gasteiger partial charge in [-0.1, -0.05) is 37.3 Å². The predicted molar refractivity (Wildman–Crippen MR) is 85.8 cm³/mol. The number of likely N-dealkylation sites (tertiary alicyclic amines) is 1. The average molecular weight is 282 g/mol. The number of benzene rings is 2. The number of para-hydroxylation sites is 1. The second-order valence-electron chi connectivity index (χ2n) is 6.19. The van der Waals surface area contributed by atoms with Crippen LogP contribution < -0.4 is 9.64 Å². The quantitative estimate of drug-likeness (QED) is 0.908. The third-order valence-electron chi connectivity index (χ3n) is 4.20. The number of piperidine rings is 1. The van der Waals surface area contributed by atoms with Crippen LogP contribution in [0.25, 0.3) is 0 Å². The van der Waals surface area contributed by atoms with E-state index in [1.54, 1.807) is 4.90 Å². The van der Waals surface area contributed by atoms with Crippen molar-refractivity contribution in [3.8, 4) is 11.5 Å². The summed E-state index contributed by atoms with van der Waals surface area (Å²) in [4.78, 5) is 1.70. The third-order valence-corrected chi connectivity index (χ3v) is 4.20. The van der Waals surface area contributed by atoms with E-state index in [0.717, 1.165) is 24.0 Å². The standard InChI is InChI=1S/C19H23NO/c1-16-7-6-12-20(14-16)15-17-8-5-11-19(13-17)21-18-9-3-2-4-10-18/h2-5,8-11,13,16H,6-7,12,14-15H2,1H3/p+1/t16-/m1/s1. The zero-order chi connectivity index (χ0) is 14.5. The van der Waals surface area contributed by atoms with E-state index < -0.39 is 0 Å². The molecule has 0 aromatic heterocycles. The number of ether oxygens (including phenoxy) is 1. The molecule has 0 radical (unpaired) electrons. The normalized spacial score (nSPS) is 22.0. The van der Waals surface area contributed by atoms with Gasteiger partial charge in [-0.15, -0.1) is 0 Å². The molecule has 2 aromatic carbocycles. The number of quaternary nitrogens is 1. The molecule has 1 fully saturated rings. The summed E-state index contributed by atoms with van der Waals surface area (Å²) in [6.45, 7) is 6.07. The summed E-state index contributed by atoms with van der Waals surface area (Å²) in [6.07, 6.45) is 2.75. The smallest absolute Gasteiger partial charge is 0.127 e. The van der Waals surface area contributed by atoms with Crippen molar-refractivity contribution in [1.29, 1.82) is 0 Å². The van der Waals surface area contributed by atoms with Crippen LogP contribution in [0.4, 0.5) is 0 Å². The van der Waals surface area contributed by atoms with Crippen molar-refractivity contribution < 1.29 is 9.64 Å². The lowest BCUT2D eigenvalue weighted by Gasteiger charge is -2.27. The van der Waals surface area contributed by atoms with Crippen LogP contribution >= 0.6 is 0 Å². The molecule has 2 aromatic rings. The Hall–Kier alpha value is -1.80.